The molecule has 0 spiro atoms. The number of esters is 1. The lowest BCUT2D eigenvalue weighted by atomic mass is 10.0. The number of rotatable bonds is 6. The van der Waals surface area contributed by atoms with Crippen LogP contribution in [0.2, 0.25) is 5.02 Å². The number of hydrogen-bond acceptors (Lipinski definition) is 5. The van der Waals surface area contributed by atoms with Crippen molar-refractivity contribution in [3.8, 4) is 11.3 Å². The van der Waals surface area contributed by atoms with Gasteiger partial charge in [-0.2, -0.15) is 0 Å². The molecule has 1 aliphatic rings. The topological polar surface area (TPSA) is 67.6 Å². The maximum atomic E-state index is 11.8. The molecule has 31 heavy (non-hydrogen) atoms. The van der Waals surface area contributed by atoms with E-state index < -0.39 is 0 Å². The van der Waals surface area contributed by atoms with E-state index in [1.165, 1.54) is 7.11 Å². The molecule has 8 heteroatoms. The molecule has 1 saturated heterocycles. The molecule has 1 aliphatic heterocycles. The van der Waals surface area contributed by atoms with Gasteiger partial charge in [-0.15, -0.1) is 0 Å². The van der Waals surface area contributed by atoms with Crippen molar-refractivity contribution in [2.24, 2.45) is 0 Å². The molecule has 0 amide bonds. The third kappa shape index (κ3) is 4.43. The highest BCUT2D eigenvalue weighted by molar-refractivity contribution is 7.80. The predicted octanol–water partition coefficient (Wildman–Crippen LogP) is 4.84. The summed E-state index contributed by atoms with van der Waals surface area (Å²) in [6.07, 6.45) is 1.96. The number of thiocarbonyl (C=S) groups is 1. The van der Waals surface area contributed by atoms with Gasteiger partial charge in [0.2, 0.25) is 0 Å². The standard InChI is InChI=1S/C23H22ClN3O3S/c1-14-6-7-15(13-16(14)24)18-8-9-19(30-18)22-21(17-5-3-4-11-25-17)26-23(31)27(22)12-10-20(28)29-2/h3-9,11,13,21-22H,10,12H2,1-2H3,(H,26,31). The van der Waals surface area contributed by atoms with Gasteiger partial charge >= 0.3 is 5.97 Å². The van der Waals surface area contributed by atoms with E-state index in [0.717, 1.165) is 22.6 Å². The van der Waals surface area contributed by atoms with Crippen LogP contribution < -0.4 is 5.32 Å². The lowest BCUT2D eigenvalue weighted by molar-refractivity contribution is -0.140. The Balaban J connectivity index is 1.69. The third-order valence-electron chi connectivity index (χ3n) is 5.36. The number of nitrogens with one attached hydrogen (secondary N) is 1. The summed E-state index contributed by atoms with van der Waals surface area (Å²) in [5.41, 5.74) is 2.74. The first-order valence-corrected chi connectivity index (χ1v) is 10.7. The fraction of sp³-hybridized carbons (Fsp3) is 0.261. The second-order valence-corrected chi connectivity index (χ2v) is 8.11. The summed E-state index contributed by atoms with van der Waals surface area (Å²) < 4.78 is 11.1. The minimum atomic E-state index is -0.294. The van der Waals surface area contributed by atoms with Crippen LogP contribution in [0.4, 0.5) is 0 Å². The van der Waals surface area contributed by atoms with Gasteiger partial charge in [0.15, 0.2) is 5.11 Å². The summed E-state index contributed by atoms with van der Waals surface area (Å²) in [7, 11) is 1.38. The first-order chi connectivity index (χ1) is 15.0. The van der Waals surface area contributed by atoms with Crippen molar-refractivity contribution >= 4 is 34.9 Å². The van der Waals surface area contributed by atoms with Crippen molar-refractivity contribution in [3.05, 3.63) is 76.8 Å². The number of furan rings is 1. The van der Waals surface area contributed by atoms with Crippen LogP contribution >= 0.6 is 23.8 Å². The summed E-state index contributed by atoms with van der Waals surface area (Å²) in [4.78, 5) is 18.2. The van der Waals surface area contributed by atoms with E-state index >= 15 is 0 Å². The van der Waals surface area contributed by atoms with E-state index in [4.69, 9.17) is 33.0 Å². The lowest BCUT2D eigenvalue weighted by Gasteiger charge is -2.25. The van der Waals surface area contributed by atoms with Crippen LogP contribution in [0.5, 0.6) is 0 Å². The number of ether oxygens (including phenoxy) is 1. The number of nitrogens with zero attached hydrogens (tertiary/aromatic N) is 2. The average molecular weight is 456 g/mol. The lowest BCUT2D eigenvalue weighted by Crippen LogP contribution is -2.31. The highest BCUT2D eigenvalue weighted by Crippen LogP contribution is 2.40. The Morgan fingerprint density at radius 3 is 2.84 bits per heavy atom. The molecular weight excluding hydrogens is 434 g/mol. The van der Waals surface area contributed by atoms with Gasteiger partial charge in [0, 0.05) is 23.3 Å². The van der Waals surface area contributed by atoms with Crippen molar-refractivity contribution in [1.29, 1.82) is 0 Å². The van der Waals surface area contributed by atoms with E-state index in [1.54, 1.807) is 6.20 Å². The summed E-state index contributed by atoms with van der Waals surface area (Å²) in [6.45, 7) is 2.36. The summed E-state index contributed by atoms with van der Waals surface area (Å²) in [6, 6.07) is 15.0. The zero-order valence-electron chi connectivity index (χ0n) is 17.2. The van der Waals surface area contributed by atoms with E-state index in [-0.39, 0.29) is 24.5 Å². The molecule has 2 aromatic heterocycles. The SMILES string of the molecule is COC(=O)CCN1C(=S)NC(c2ccccn2)C1c1ccc(-c2ccc(C)c(Cl)c2)o1. The number of carbonyl (C=O) groups is 1. The minimum absolute atomic E-state index is 0.213. The number of aromatic nitrogens is 1. The van der Waals surface area contributed by atoms with Crippen LogP contribution in [-0.4, -0.2) is 34.6 Å². The van der Waals surface area contributed by atoms with Gasteiger partial charge in [-0.1, -0.05) is 29.8 Å². The smallest absolute Gasteiger partial charge is 0.307 e. The van der Waals surface area contributed by atoms with Crippen molar-refractivity contribution < 1.29 is 13.9 Å². The van der Waals surface area contributed by atoms with Gasteiger partial charge in [-0.25, -0.2) is 0 Å². The Kier molecular flexibility index (Phi) is 6.25. The molecule has 3 heterocycles. The molecule has 6 nitrogen and oxygen atoms in total. The molecule has 0 radical (unpaired) electrons. The Morgan fingerprint density at radius 2 is 2.13 bits per heavy atom. The van der Waals surface area contributed by atoms with Gasteiger partial charge in [-0.05, 0) is 55.0 Å². The Bertz CT molecular complexity index is 1100. The number of benzene rings is 1. The van der Waals surface area contributed by atoms with Gasteiger partial charge < -0.3 is 19.4 Å². The molecule has 2 unspecified atom stereocenters. The normalized spacial score (nSPS) is 18.2. The fourth-order valence-corrected chi connectivity index (χ4v) is 4.19. The molecule has 0 saturated carbocycles. The second-order valence-electron chi connectivity index (χ2n) is 7.31. The van der Waals surface area contributed by atoms with E-state index in [1.807, 2.05) is 60.4 Å². The van der Waals surface area contributed by atoms with Gasteiger partial charge in [0.05, 0.1) is 25.3 Å². The van der Waals surface area contributed by atoms with Crippen LogP contribution in [0.1, 0.15) is 35.5 Å². The Hall–Kier alpha value is -2.90. The van der Waals surface area contributed by atoms with E-state index in [0.29, 0.717) is 22.4 Å². The molecule has 1 fully saturated rings. The van der Waals surface area contributed by atoms with Crippen molar-refractivity contribution in [2.75, 3.05) is 13.7 Å². The Labute approximate surface area is 191 Å². The number of methoxy groups -OCH3 is 1. The maximum Gasteiger partial charge on any atom is 0.307 e. The maximum absolute atomic E-state index is 11.8. The molecular formula is C23H22ClN3O3S. The predicted molar refractivity (Wildman–Crippen MR) is 123 cm³/mol. The molecule has 3 aromatic rings. The van der Waals surface area contributed by atoms with Crippen molar-refractivity contribution in [3.63, 3.8) is 0 Å². The van der Waals surface area contributed by atoms with Crippen molar-refractivity contribution in [2.45, 2.75) is 25.4 Å². The number of halogens is 1. The molecule has 0 bridgehead atoms. The Morgan fingerprint density at radius 1 is 1.29 bits per heavy atom. The minimum Gasteiger partial charge on any atom is -0.469 e. The number of pyridine rings is 1. The molecule has 4 rings (SSSR count). The highest BCUT2D eigenvalue weighted by Gasteiger charge is 2.41. The molecule has 160 valence electrons. The van der Waals surface area contributed by atoms with Crippen LogP contribution in [-0.2, 0) is 9.53 Å². The molecule has 2 atom stereocenters. The van der Waals surface area contributed by atoms with E-state index in [2.05, 4.69) is 10.3 Å². The molecule has 1 N–H and O–H groups in total. The van der Waals surface area contributed by atoms with Gasteiger partial charge in [0.1, 0.15) is 17.6 Å². The summed E-state index contributed by atoms with van der Waals surface area (Å²) in [5, 5.41) is 4.57. The first-order valence-electron chi connectivity index (χ1n) is 9.89. The monoisotopic (exact) mass is 455 g/mol. The largest absolute Gasteiger partial charge is 0.469 e. The van der Waals surface area contributed by atoms with E-state index in [9.17, 15) is 4.79 Å². The highest BCUT2D eigenvalue weighted by atomic mass is 35.5. The summed E-state index contributed by atoms with van der Waals surface area (Å²) >= 11 is 11.9. The van der Waals surface area contributed by atoms with Crippen LogP contribution in [0.25, 0.3) is 11.3 Å². The van der Waals surface area contributed by atoms with Gasteiger partial charge in [-0.3, -0.25) is 9.78 Å². The zero-order chi connectivity index (χ0) is 22.0. The number of aryl methyl sites for hydroxylation is 1. The third-order valence-corrected chi connectivity index (χ3v) is 6.12. The second kappa shape index (κ2) is 9.08. The van der Waals surface area contributed by atoms with Crippen molar-refractivity contribution in [1.82, 2.24) is 15.2 Å². The zero-order valence-corrected chi connectivity index (χ0v) is 18.7. The number of hydrogen-bond donors (Lipinski definition) is 1. The quantitative estimate of drug-likeness (QED) is 0.421. The van der Waals surface area contributed by atoms with Crippen LogP contribution in [0.3, 0.4) is 0 Å². The fourth-order valence-electron chi connectivity index (χ4n) is 3.68. The molecule has 0 aliphatic carbocycles. The van der Waals surface area contributed by atoms with Gasteiger partial charge in [0.25, 0.3) is 0 Å². The molecule has 1 aromatic carbocycles. The van der Waals surface area contributed by atoms with Crippen LogP contribution in [0.15, 0.2) is 59.1 Å². The number of carbonyl (C=O) groups excluding carboxylic acids is 1. The average Bonchev–Trinajstić information content (AvgIpc) is 3.39. The summed E-state index contributed by atoms with van der Waals surface area (Å²) in [5.74, 6) is 1.14. The van der Waals surface area contributed by atoms with Crippen LogP contribution in [0, 0.1) is 6.92 Å². The first kappa shape index (κ1) is 21.3.